The summed E-state index contributed by atoms with van der Waals surface area (Å²) in [5.41, 5.74) is 0.216. The Balaban J connectivity index is 2.48. The van der Waals surface area contributed by atoms with Gasteiger partial charge >= 0.3 is 6.18 Å². The largest absolute Gasteiger partial charge is 0.598 e. The summed E-state index contributed by atoms with van der Waals surface area (Å²) in [5, 5.41) is 15.0. The molecule has 1 unspecified atom stereocenters. The van der Waals surface area contributed by atoms with Crippen molar-refractivity contribution < 1.29 is 22.8 Å². The van der Waals surface area contributed by atoms with Crippen molar-refractivity contribution in [3.05, 3.63) is 58.1 Å². The summed E-state index contributed by atoms with van der Waals surface area (Å²) in [4.78, 5) is 1.18. The number of benzene rings is 2. The highest BCUT2D eigenvalue weighted by Crippen LogP contribution is 2.42. The normalized spacial score (nSPS) is 13.6. The van der Waals surface area contributed by atoms with Gasteiger partial charge in [-0.3, -0.25) is 0 Å². The Kier molecular flexibility index (Phi) is 7.75. The van der Waals surface area contributed by atoms with Crippen molar-refractivity contribution in [2.45, 2.75) is 54.0 Å². The molecule has 2 aromatic rings. The highest BCUT2D eigenvalue weighted by atomic mass is 35.5. The van der Waals surface area contributed by atoms with Gasteiger partial charge in [-0.25, -0.2) is 0 Å². The van der Waals surface area contributed by atoms with E-state index < -0.39 is 27.8 Å². The van der Waals surface area contributed by atoms with Crippen molar-refractivity contribution in [1.29, 1.82) is 0 Å². The molecule has 0 radical (unpaired) electrons. The summed E-state index contributed by atoms with van der Waals surface area (Å²) in [6, 6.07) is 9.03. The second-order valence-electron chi connectivity index (χ2n) is 6.87. The maximum absolute atomic E-state index is 13.3. The van der Waals surface area contributed by atoms with Crippen LogP contribution in [0.2, 0.25) is 5.02 Å². The van der Waals surface area contributed by atoms with E-state index in [-0.39, 0.29) is 18.1 Å². The van der Waals surface area contributed by atoms with Crippen molar-refractivity contribution in [1.82, 2.24) is 0 Å². The summed E-state index contributed by atoms with van der Waals surface area (Å²) in [6.45, 7) is 3.20. The lowest BCUT2D eigenvalue weighted by Crippen LogP contribution is -2.38. The molecule has 0 aromatic heterocycles. The SMILES string of the molecule is CC(C)(CCc1cc(C(F)(F)F)cc(Cl)c1Sc1ccccc1CO)[S+](N)[O-]. The minimum absolute atomic E-state index is 0.0192. The number of halogens is 4. The summed E-state index contributed by atoms with van der Waals surface area (Å²) in [5.74, 6) is 0. The first-order chi connectivity index (χ1) is 13.0. The Hall–Kier alpha value is -0.900. The minimum Gasteiger partial charge on any atom is -0.598 e. The van der Waals surface area contributed by atoms with Crippen LogP contribution < -0.4 is 5.14 Å². The lowest BCUT2D eigenvalue weighted by Gasteiger charge is -2.25. The van der Waals surface area contributed by atoms with Crippen molar-refractivity contribution >= 4 is 34.7 Å². The van der Waals surface area contributed by atoms with E-state index in [1.807, 2.05) is 0 Å². The Morgan fingerprint density at radius 2 is 1.82 bits per heavy atom. The Bertz CT molecular complexity index is 829. The van der Waals surface area contributed by atoms with Crippen LogP contribution in [0, 0.1) is 0 Å². The van der Waals surface area contributed by atoms with E-state index in [9.17, 15) is 22.8 Å². The monoisotopic (exact) mass is 451 g/mol. The Morgan fingerprint density at radius 1 is 1.18 bits per heavy atom. The number of alkyl halides is 3. The predicted molar refractivity (Wildman–Crippen MR) is 108 cm³/mol. The second kappa shape index (κ2) is 9.28. The van der Waals surface area contributed by atoms with Gasteiger partial charge in [0.05, 0.1) is 17.2 Å². The molecule has 3 nitrogen and oxygen atoms in total. The molecule has 0 saturated heterocycles. The van der Waals surface area contributed by atoms with Gasteiger partial charge in [0.15, 0.2) is 0 Å². The summed E-state index contributed by atoms with van der Waals surface area (Å²) >= 11 is 5.81. The predicted octanol–water partition coefficient (Wildman–Crippen LogP) is 5.34. The number of hydrogen-bond donors (Lipinski definition) is 2. The quantitative estimate of drug-likeness (QED) is 0.558. The molecule has 0 heterocycles. The molecule has 0 aliphatic heterocycles. The molecular weight excluding hydrogens is 431 g/mol. The van der Waals surface area contributed by atoms with Gasteiger partial charge in [-0.1, -0.05) is 41.6 Å². The van der Waals surface area contributed by atoms with Crippen molar-refractivity contribution in [3.63, 3.8) is 0 Å². The van der Waals surface area contributed by atoms with Crippen LogP contribution in [-0.4, -0.2) is 14.4 Å². The molecule has 0 saturated carbocycles. The molecule has 2 aromatic carbocycles. The average Bonchev–Trinajstić information content (AvgIpc) is 2.61. The van der Waals surface area contributed by atoms with Gasteiger partial charge in [-0.15, -0.1) is 0 Å². The van der Waals surface area contributed by atoms with Crippen LogP contribution in [0.15, 0.2) is 46.2 Å². The van der Waals surface area contributed by atoms with Gasteiger partial charge in [-0.2, -0.15) is 18.3 Å². The van der Waals surface area contributed by atoms with Gasteiger partial charge < -0.3 is 9.66 Å². The molecule has 0 fully saturated rings. The number of rotatable bonds is 7. The smallest absolute Gasteiger partial charge is 0.416 e. The molecule has 9 heteroatoms. The number of hydrogen-bond acceptors (Lipinski definition) is 4. The van der Waals surface area contributed by atoms with E-state index in [0.717, 1.165) is 12.1 Å². The second-order valence-corrected chi connectivity index (χ2v) is 10.0. The van der Waals surface area contributed by atoms with Crippen LogP contribution in [0.25, 0.3) is 0 Å². The lowest BCUT2D eigenvalue weighted by molar-refractivity contribution is -0.137. The van der Waals surface area contributed by atoms with E-state index >= 15 is 0 Å². The Morgan fingerprint density at radius 3 is 2.39 bits per heavy atom. The zero-order chi connectivity index (χ0) is 21.1. The van der Waals surface area contributed by atoms with Crippen LogP contribution in [-0.2, 0) is 30.6 Å². The number of nitrogens with two attached hydrogens (primary N) is 1. The molecule has 154 valence electrons. The van der Waals surface area contributed by atoms with Gasteiger partial charge in [0.25, 0.3) is 0 Å². The standard InChI is InChI=1S/C19H21ClF3NO2S2/c1-18(2,28(24)26)8-7-12-9-14(19(21,22)23)10-15(20)17(12)27-16-6-4-3-5-13(16)11-25/h3-6,9-10,25H,7-8,11,24H2,1-2H3. The number of aliphatic hydroxyl groups is 1. The number of aliphatic hydroxyl groups excluding tert-OH is 1. The first kappa shape index (κ1) is 23.4. The molecule has 0 bridgehead atoms. The molecular formula is C19H21ClF3NO2S2. The maximum atomic E-state index is 13.3. The van der Waals surface area contributed by atoms with Gasteiger partial charge in [0, 0.05) is 27.6 Å². The Labute approximate surface area is 174 Å². The van der Waals surface area contributed by atoms with Crippen molar-refractivity contribution in [3.8, 4) is 0 Å². The lowest BCUT2D eigenvalue weighted by atomic mass is 10.00. The van der Waals surface area contributed by atoms with Crippen molar-refractivity contribution in [2.24, 2.45) is 5.14 Å². The van der Waals surface area contributed by atoms with E-state index in [2.05, 4.69) is 0 Å². The fourth-order valence-corrected chi connectivity index (χ4v) is 4.23. The summed E-state index contributed by atoms with van der Waals surface area (Å²) in [7, 11) is 0. The van der Waals surface area contributed by atoms with Crippen LogP contribution in [0.3, 0.4) is 0 Å². The highest BCUT2D eigenvalue weighted by Gasteiger charge is 2.34. The topological polar surface area (TPSA) is 69.3 Å². The molecule has 0 aliphatic rings. The molecule has 0 amide bonds. The maximum Gasteiger partial charge on any atom is 0.416 e. The van der Waals surface area contributed by atoms with Gasteiger partial charge in [0.2, 0.25) is 0 Å². The highest BCUT2D eigenvalue weighted by molar-refractivity contribution is 7.99. The fraction of sp³-hybridized carbons (Fsp3) is 0.368. The molecule has 1 atom stereocenters. The van der Waals surface area contributed by atoms with Crippen LogP contribution in [0.5, 0.6) is 0 Å². The fourth-order valence-electron chi connectivity index (χ4n) is 2.49. The first-order valence-corrected chi connectivity index (χ1v) is 10.8. The molecule has 28 heavy (non-hydrogen) atoms. The number of aryl methyl sites for hydroxylation is 1. The van der Waals surface area contributed by atoms with Crippen molar-refractivity contribution in [2.75, 3.05) is 0 Å². The third kappa shape index (κ3) is 5.81. The molecule has 2 rings (SSSR count). The molecule has 0 spiro atoms. The molecule has 3 N–H and O–H groups in total. The van der Waals surface area contributed by atoms with Gasteiger partial charge in [-0.05, 0) is 49.6 Å². The van der Waals surface area contributed by atoms with Crippen LogP contribution in [0.4, 0.5) is 13.2 Å². The third-order valence-corrected chi connectivity index (χ3v) is 7.35. The zero-order valence-corrected chi connectivity index (χ0v) is 17.7. The average molecular weight is 452 g/mol. The zero-order valence-electron chi connectivity index (χ0n) is 15.3. The summed E-state index contributed by atoms with van der Waals surface area (Å²) < 4.78 is 50.7. The minimum atomic E-state index is -4.53. The molecule has 0 aliphatic carbocycles. The van der Waals surface area contributed by atoms with E-state index in [4.69, 9.17) is 16.7 Å². The van der Waals surface area contributed by atoms with Crippen LogP contribution in [0.1, 0.15) is 37.0 Å². The van der Waals surface area contributed by atoms with Crippen LogP contribution >= 0.6 is 23.4 Å². The first-order valence-electron chi connectivity index (χ1n) is 8.38. The van der Waals surface area contributed by atoms with Gasteiger partial charge in [0.1, 0.15) is 4.75 Å². The van der Waals surface area contributed by atoms with E-state index in [0.29, 0.717) is 27.3 Å². The summed E-state index contributed by atoms with van der Waals surface area (Å²) in [6.07, 6.45) is -3.98. The third-order valence-electron chi connectivity index (χ3n) is 4.34. The van der Waals surface area contributed by atoms with E-state index in [1.54, 1.807) is 38.1 Å². The van der Waals surface area contributed by atoms with E-state index in [1.165, 1.54) is 11.8 Å².